The fourth-order valence-electron chi connectivity index (χ4n) is 4.88. The number of ether oxygens (including phenoxy) is 1. The lowest BCUT2D eigenvalue weighted by atomic mass is 9.87. The summed E-state index contributed by atoms with van der Waals surface area (Å²) in [6.07, 6.45) is 1.49. The molecule has 1 amide bonds. The molecular weight excluding hydrogens is 566 g/mol. The third-order valence-electron chi connectivity index (χ3n) is 7.37. The van der Waals surface area contributed by atoms with E-state index in [4.69, 9.17) is 4.74 Å². The second kappa shape index (κ2) is 10.9. The molecule has 7 nitrogen and oxygen atoms in total. The normalized spacial score (nSPS) is 14.9. The van der Waals surface area contributed by atoms with E-state index in [1.165, 1.54) is 11.9 Å². The molecule has 8 heteroatoms. The molecule has 3 aromatic carbocycles. The molecule has 0 fully saturated rings. The van der Waals surface area contributed by atoms with Crippen molar-refractivity contribution in [2.45, 2.75) is 59.6 Å². The van der Waals surface area contributed by atoms with Crippen LogP contribution in [-0.4, -0.2) is 20.7 Å². The van der Waals surface area contributed by atoms with Gasteiger partial charge in [-0.25, -0.2) is 4.68 Å². The van der Waals surface area contributed by atoms with E-state index < -0.39 is 6.04 Å². The molecule has 0 spiro atoms. The number of nitrogens with zero attached hydrogens (tertiary/aromatic N) is 3. The Hall–Kier alpha value is -3.91. The van der Waals surface area contributed by atoms with Gasteiger partial charge in [0.1, 0.15) is 24.7 Å². The minimum atomic E-state index is -0.556. The van der Waals surface area contributed by atoms with Gasteiger partial charge in [-0.2, -0.15) is 10.1 Å². The number of aromatic nitrogens is 3. The van der Waals surface area contributed by atoms with Gasteiger partial charge in [0.2, 0.25) is 5.95 Å². The Bertz CT molecular complexity index is 1600. The zero-order chi connectivity index (χ0) is 28.6. The third-order valence-corrected chi connectivity index (χ3v) is 7.87. The highest BCUT2D eigenvalue weighted by atomic mass is 79.9. The SMILES string of the molecule is CC1=C(C(=O)Nc2cccc(C)c2C)C(c2cc(Br)ccc2OCc2ccc(C(C)(C)C)cc2)n2ncnc2N1. The van der Waals surface area contributed by atoms with Crippen LogP contribution in [0.5, 0.6) is 5.75 Å². The summed E-state index contributed by atoms with van der Waals surface area (Å²) in [5, 5.41) is 10.9. The number of nitrogens with one attached hydrogen (secondary N) is 2. The number of carbonyl (C=O) groups excluding carboxylic acids is 1. The van der Waals surface area contributed by atoms with Gasteiger partial charge in [0.15, 0.2) is 0 Å². The first-order chi connectivity index (χ1) is 19.0. The topological polar surface area (TPSA) is 81.1 Å². The number of anilines is 2. The minimum absolute atomic E-state index is 0.0843. The number of benzene rings is 3. The second-order valence-corrected chi connectivity index (χ2v) is 12.1. The van der Waals surface area contributed by atoms with Gasteiger partial charge < -0.3 is 15.4 Å². The van der Waals surface area contributed by atoms with Gasteiger partial charge in [-0.3, -0.25) is 4.79 Å². The average Bonchev–Trinajstić information content (AvgIpc) is 3.37. The van der Waals surface area contributed by atoms with Gasteiger partial charge in [0.05, 0.1) is 5.57 Å². The number of carbonyl (C=O) groups is 1. The maximum Gasteiger partial charge on any atom is 0.255 e. The zero-order valence-corrected chi connectivity index (χ0v) is 25.3. The van der Waals surface area contributed by atoms with Gasteiger partial charge in [-0.05, 0) is 72.7 Å². The Balaban J connectivity index is 1.51. The van der Waals surface area contributed by atoms with Crippen molar-refractivity contribution in [3.63, 3.8) is 0 Å². The average molecular weight is 601 g/mol. The number of hydrogen-bond donors (Lipinski definition) is 2. The van der Waals surface area contributed by atoms with Crippen molar-refractivity contribution in [1.29, 1.82) is 0 Å². The Morgan fingerprint density at radius 1 is 1.07 bits per heavy atom. The summed E-state index contributed by atoms with van der Waals surface area (Å²) in [4.78, 5) is 18.3. The zero-order valence-electron chi connectivity index (χ0n) is 23.7. The first-order valence-electron chi connectivity index (χ1n) is 13.3. The standard InChI is InChI=1S/C32H34BrN5O2/c1-19-8-7-9-26(20(19)2)37-30(39)28-21(3)36-31-34-18-35-38(31)29(28)25-16-24(33)14-15-27(25)40-17-22-10-12-23(13-11-22)32(4,5)6/h7-16,18,29H,17H2,1-6H3,(H,37,39)(H,34,35,36). The molecule has 0 aliphatic carbocycles. The molecule has 2 N–H and O–H groups in total. The largest absolute Gasteiger partial charge is 0.489 e. The van der Waals surface area contributed by atoms with Crippen LogP contribution in [0.4, 0.5) is 11.6 Å². The minimum Gasteiger partial charge on any atom is -0.489 e. The summed E-state index contributed by atoms with van der Waals surface area (Å²) in [6, 6.07) is 19.7. The van der Waals surface area contributed by atoms with Crippen LogP contribution in [0.3, 0.4) is 0 Å². The lowest BCUT2D eigenvalue weighted by Crippen LogP contribution is -2.32. The van der Waals surface area contributed by atoms with E-state index in [1.807, 2.05) is 57.2 Å². The van der Waals surface area contributed by atoms with Crippen molar-refractivity contribution in [2.24, 2.45) is 0 Å². The predicted molar refractivity (Wildman–Crippen MR) is 163 cm³/mol. The van der Waals surface area contributed by atoms with E-state index in [2.05, 4.69) is 81.7 Å². The Kier molecular flexibility index (Phi) is 7.55. The van der Waals surface area contributed by atoms with E-state index in [-0.39, 0.29) is 11.3 Å². The molecule has 1 atom stereocenters. The van der Waals surface area contributed by atoms with E-state index in [1.54, 1.807) is 4.68 Å². The highest BCUT2D eigenvalue weighted by molar-refractivity contribution is 9.10. The molecule has 1 aliphatic rings. The number of aryl methyl sites for hydroxylation is 1. The van der Waals surface area contributed by atoms with E-state index in [9.17, 15) is 4.79 Å². The quantitative estimate of drug-likeness (QED) is 0.240. The van der Waals surface area contributed by atoms with Crippen LogP contribution < -0.4 is 15.4 Å². The molecule has 1 aromatic heterocycles. The van der Waals surface area contributed by atoms with Crippen LogP contribution >= 0.6 is 15.9 Å². The highest BCUT2D eigenvalue weighted by Crippen LogP contribution is 2.41. The van der Waals surface area contributed by atoms with Crippen LogP contribution in [0.2, 0.25) is 0 Å². The summed E-state index contributed by atoms with van der Waals surface area (Å²) in [5.41, 5.74) is 7.38. The predicted octanol–water partition coefficient (Wildman–Crippen LogP) is 7.46. The van der Waals surface area contributed by atoms with Crippen LogP contribution in [0.15, 0.2) is 82.7 Å². The summed E-state index contributed by atoms with van der Waals surface area (Å²) in [7, 11) is 0. The van der Waals surface area contributed by atoms with Crippen molar-refractivity contribution >= 4 is 33.5 Å². The molecule has 40 heavy (non-hydrogen) atoms. The molecule has 5 rings (SSSR count). The first kappa shape index (κ1) is 27.6. The molecule has 0 saturated heterocycles. The van der Waals surface area contributed by atoms with Crippen LogP contribution in [0.25, 0.3) is 0 Å². The van der Waals surface area contributed by atoms with Gasteiger partial charge in [-0.15, -0.1) is 0 Å². The second-order valence-electron chi connectivity index (χ2n) is 11.2. The van der Waals surface area contributed by atoms with E-state index >= 15 is 0 Å². The van der Waals surface area contributed by atoms with Crippen molar-refractivity contribution in [3.05, 3.63) is 111 Å². The van der Waals surface area contributed by atoms with Gasteiger partial charge in [0, 0.05) is 21.4 Å². The molecule has 0 radical (unpaired) electrons. The summed E-state index contributed by atoms with van der Waals surface area (Å²) in [5.74, 6) is 1.02. The van der Waals surface area contributed by atoms with E-state index in [0.29, 0.717) is 29.6 Å². The lowest BCUT2D eigenvalue weighted by molar-refractivity contribution is -0.113. The Morgan fingerprint density at radius 3 is 2.55 bits per heavy atom. The molecular formula is C32H34BrN5O2. The maximum atomic E-state index is 13.9. The lowest BCUT2D eigenvalue weighted by Gasteiger charge is -2.30. The molecule has 4 aromatic rings. The van der Waals surface area contributed by atoms with Crippen molar-refractivity contribution in [1.82, 2.24) is 14.8 Å². The maximum absolute atomic E-state index is 13.9. The molecule has 0 bridgehead atoms. The van der Waals surface area contributed by atoms with Crippen LogP contribution in [0, 0.1) is 13.8 Å². The Morgan fingerprint density at radius 2 is 1.82 bits per heavy atom. The fraction of sp³-hybridized carbons (Fsp3) is 0.281. The van der Waals surface area contributed by atoms with Crippen LogP contribution in [-0.2, 0) is 16.8 Å². The third kappa shape index (κ3) is 5.54. The van der Waals surface area contributed by atoms with E-state index in [0.717, 1.165) is 32.4 Å². The first-order valence-corrected chi connectivity index (χ1v) is 14.1. The number of fused-ring (bicyclic) bond motifs is 1. The summed E-state index contributed by atoms with van der Waals surface area (Å²) < 4.78 is 9.01. The van der Waals surface area contributed by atoms with Crippen molar-refractivity contribution in [3.8, 4) is 5.75 Å². The van der Waals surface area contributed by atoms with Crippen molar-refractivity contribution in [2.75, 3.05) is 10.6 Å². The fourth-order valence-corrected chi connectivity index (χ4v) is 5.25. The van der Waals surface area contributed by atoms with Gasteiger partial charge in [-0.1, -0.05) is 73.1 Å². The highest BCUT2D eigenvalue weighted by Gasteiger charge is 2.35. The molecule has 1 aliphatic heterocycles. The number of allylic oxidation sites excluding steroid dienone is 1. The number of hydrogen-bond acceptors (Lipinski definition) is 5. The van der Waals surface area contributed by atoms with Crippen LogP contribution in [0.1, 0.15) is 61.6 Å². The number of rotatable bonds is 6. The summed E-state index contributed by atoms with van der Waals surface area (Å²) >= 11 is 3.63. The monoisotopic (exact) mass is 599 g/mol. The number of halogens is 1. The molecule has 206 valence electrons. The molecule has 2 heterocycles. The van der Waals surface area contributed by atoms with Gasteiger partial charge >= 0.3 is 0 Å². The molecule has 1 unspecified atom stereocenters. The smallest absolute Gasteiger partial charge is 0.255 e. The summed E-state index contributed by atoms with van der Waals surface area (Å²) in [6.45, 7) is 12.9. The molecule has 0 saturated carbocycles. The van der Waals surface area contributed by atoms with Crippen molar-refractivity contribution < 1.29 is 9.53 Å². The Labute approximate surface area is 243 Å². The van der Waals surface area contributed by atoms with Gasteiger partial charge in [0.25, 0.3) is 5.91 Å². The number of amides is 1.